The van der Waals surface area contributed by atoms with E-state index in [4.69, 9.17) is 0 Å². The molecule has 1 aliphatic heterocycles. The molecule has 1 atom stereocenters. The zero-order valence-corrected chi connectivity index (χ0v) is 8.24. The second kappa shape index (κ2) is 6.20. The van der Waals surface area contributed by atoms with Gasteiger partial charge in [0.15, 0.2) is 0 Å². The van der Waals surface area contributed by atoms with E-state index in [1.54, 1.807) is 0 Å². The normalized spacial score (nSPS) is 23.1. The molecule has 0 bridgehead atoms. The summed E-state index contributed by atoms with van der Waals surface area (Å²) in [5, 5.41) is 0. The van der Waals surface area contributed by atoms with E-state index in [0.717, 1.165) is 6.04 Å². The Morgan fingerprint density at radius 3 is 1.69 bits per heavy atom. The highest BCUT2D eigenvalue weighted by Crippen LogP contribution is 2.12. The van der Waals surface area contributed by atoms with E-state index in [9.17, 15) is 17.3 Å². The summed E-state index contributed by atoms with van der Waals surface area (Å²) in [4.78, 5) is 2.40. The molecular formula is C6H17BF4N2. The first kappa shape index (κ1) is 15.2. The Balaban J connectivity index is 0. The fourth-order valence-corrected chi connectivity index (χ4v) is 1.08. The van der Waals surface area contributed by atoms with E-state index in [2.05, 4.69) is 18.9 Å². The van der Waals surface area contributed by atoms with Crippen LogP contribution in [0, 0.1) is 0 Å². The van der Waals surface area contributed by atoms with Gasteiger partial charge in [0.2, 0.25) is 0 Å². The SMILES string of the molecule is CC1CCCN1C.F[B-](F)(F)F.[NH4+]. The summed E-state index contributed by atoms with van der Waals surface area (Å²) < 4.78 is 39.0. The second-order valence-corrected chi connectivity index (χ2v) is 2.97. The van der Waals surface area contributed by atoms with Crippen LogP contribution in [-0.2, 0) is 0 Å². The number of likely N-dealkylation sites (tertiary alicyclic amines) is 1. The van der Waals surface area contributed by atoms with Gasteiger partial charge in [-0.3, -0.25) is 0 Å². The molecule has 0 spiro atoms. The number of quaternary nitrogens is 1. The van der Waals surface area contributed by atoms with Crippen molar-refractivity contribution in [2.24, 2.45) is 0 Å². The van der Waals surface area contributed by atoms with E-state index in [1.165, 1.54) is 19.4 Å². The predicted octanol–water partition coefficient (Wildman–Crippen LogP) is 2.78. The average Bonchev–Trinajstić information content (AvgIpc) is 2.12. The van der Waals surface area contributed by atoms with Gasteiger partial charge in [0.05, 0.1) is 0 Å². The highest BCUT2D eigenvalue weighted by atomic mass is 19.5. The Hall–Kier alpha value is -0.295. The quantitative estimate of drug-likeness (QED) is 0.478. The summed E-state index contributed by atoms with van der Waals surface area (Å²) in [6.07, 6.45) is 2.80. The number of rotatable bonds is 0. The summed E-state index contributed by atoms with van der Waals surface area (Å²) in [5.74, 6) is 0. The maximum Gasteiger partial charge on any atom is 0.673 e. The Bertz CT molecular complexity index is 116. The third kappa shape index (κ3) is 11.7. The highest BCUT2D eigenvalue weighted by Gasteiger charge is 2.20. The molecular weight excluding hydrogens is 187 g/mol. The highest BCUT2D eigenvalue weighted by molar-refractivity contribution is 6.50. The van der Waals surface area contributed by atoms with Crippen LogP contribution < -0.4 is 6.15 Å². The van der Waals surface area contributed by atoms with Crippen molar-refractivity contribution >= 4 is 7.25 Å². The molecule has 13 heavy (non-hydrogen) atoms. The van der Waals surface area contributed by atoms with E-state index in [0.29, 0.717) is 0 Å². The topological polar surface area (TPSA) is 39.7 Å². The number of hydrogen-bond donors (Lipinski definition) is 1. The predicted molar refractivity (Wildman–Crippen MR) is 47.5 cm³/mol. The van der Waals surface area contributed by atoms with Crippen LogP contribution in [0.5, 0.6) is 0 Å². The van der Waals surface area contributed by atoms with E-state index in [-0.39, 0.29) is 6.15 Å². The minimum absolute atomic E-state index is 0. The smallest absolute Gasteiger partial charge is 0.418 e. The van der Waals surface area contributed by atoms with Crippen molar-refractivity contribution in [2.75, 3.05) is 13.6 Å². The second-order valence-electron chi connectivity index (χ2n) is 2.97. The molecule has 7 heteroatoms. The van der Waals surface area contributed by atoms with E-state index < -0.39 is 7.25 Å². The first-order valence-electron chi connectivity index (χ1n) is 3.88. The Morgan fingerprint density at radius 2 is 1.62 bits per heavy atom. The lowest BCUT2D eigenvalue weighted by atomic mass is 10.3. The van der Waals surface area contributed by atoms with E-state index in [1.807, 2.05) is 0 Å². The molecule has 1 heterocycles. The summed E-state index contributed by atoms with van der Waals surface area (Å²) >= 11 is 0. The van der Waals surface area contributed by atoms with Crippen molar-refractivity contribution in [1.82, 2.24) is 11.1 Å². The largest absolute Gasteiger partial charge is 0.673 e. The standard InChI is InChI=1S/C6H13N.BF4.H3N/c1-6-4-3-5-7(6)2;2-1(3,4)5;/h6H,3-5H2,1-2H3;;1H3/q;-1;/p+1. The van der Waals surface area contributed by atoms with Crippen LogP contribution in [0.15, 0.2) is 0 Å². The Labute approximate surface area is 76.0 Å². The molecule has 0 radical (unpaired) electrons. The Kier molecular flexibility index (Phi) is 7.25. The van der Waals surface area contributed by atoms with Gasteiger partial charge >= 0.3 is 7.25 Å². The molecule has 1 unspecified atom stereocenters. The molecule has 1 fully saturated rings. The van der Waals surface area contributed by atoms with Gasteiger partial charge in [-0.15, -0.1) is 0 Å². The van der Waals surface area contributed by atoms with Gasteiger partial charge in [-0.2, -0.15) is 0 Å². The molecule has 0 aromatic carbocycles. The molecule has 2 nitrogen and oxygen atoms in total. The van der Waals surface area contributed by atoms with Gasteiger partial charge in [0, 0.05) is 6.04 Å². The number of halogens is 4. The third-order valence-electron chi connectivity index (χ3n) is 1.89. The van der Waals surface area contributed by atoms with Crippen molar-refractivity contribution in [3.63, 3.8) is 0 Å². The fourth-order valence-electron chi connectivity index (χ4n) is 1.08. The summed E-state index contributed by atoms with van der Waals surface area (Å²) in [7, 11) is -3.81. The lowest BCUT2D eigenvalue weighted by molar-refractivity contribution is 0.331. The fraction of sp³-hybridized carbons (Fsp3) is 1.00. The molecule has 0 aliphatic carbocycles. The first-order valence-corrected chi connectivity index (χ1v) is 3.88. The van der Waals surface area contributed by atoms with Crippen LogP contribution in [0.1, 0.15) is 19.8 Å². The molecule has 0 aromatic rings. The molecule has 0 aromatic heterocycles. The summed E-state index contributed by atoms with van der Waals surface area (Å²) in [6.45, 7) is 3.59. The summed E-state index contributed by atoms with van der Waals surface area (Å²) in [6, 6.07) is 0.847. The maximum atomic E-state index is 9.75. The van der Waals surface area contributed by atoms with Crippen molar-refractivity contribution in [3.05, 3.63) is 0 Å². The van der Waals surface area contributed by atoms with Crippen LogP contribution in [-0.4, -0.2) is 31.8 Å². The lowest BCUT2D eigenvalue weighted by Crippen LogP contribution is -2.20. The molecule has 1 rings (SSSR count). The molecule has 4 N–H and O–H groups in total. The molecule has 0 saturated carbocycles. The summed E-state index contributed by atoms with van der Waals surface area (Å²) in [5.41, 5.74) is 0. The zero-order valence-electron chi connectivity index (χ0n) is 8.24. The van der Waals surface area contributed by atoms with Crippen LogP contribution in [0.25, 0.3) is 0 Å². The van der Waals surface area contributed by atoms with E-state index >= 15 is 0 Å². The molecule has 1 aliphatic rings. The Morgan fingerprint density at radius 1 is 1.23 bits per heavy atom. The van der Waals surface area contributed by atoms with Gasteiger partial charge in [-0.1, -0.05) is 0 Å². The first-order chi connectivity index (χ1) is 5.30. The van der Waals surface area contributed by atoms with Crippen molar-refractivity contribution in [2.45, 2.75) is 25.8 Å². The van der Waals surface area contributed by atoms with Crippen LogP contribution in [0.4, 0.5) is 17.3 Å². The monoisotopic (exact) mass is 204 g/mol. The number of hydrogen-bond acceptors (Lipinski definition) is 1. The minimum atomic E-state index is -6.00. The minimum Gasteiger partial charge on any atom is -0.418 e. The zero-order chi connectivity index (χ0) is 9.78. The maximum absolute atomic E-state index is 9.75. The van der Waals surface area contributed by atoms with Gasteiger partial charge in [0.25, 0.3) is 0 Å². The van der Waals surface area contributed by atoms with Gasteiger partial charge in [-0.05, 0) is 33.4 Å². The van der Waals surface area contributed by atoms with Gasteiger partial charge in [0.1, 0.15) is 0 Å². The molecule has 0 amide bonds. The molecule has 1 saturated heterocycles. The number of nitrogens with zero attached hydrogens (tertiary/aromatic N) is 1. The van der Waals surface area contributed by atoms with Crippen LogP contribution in [0.2, 0.25) is 0 Å². The van der Waals surface area contributed by atoms with Crippen molar-refractivity contribution in [3.8, 4) is 0 Å². The molecule has 82 valence electrons. The lowest BCUT2D eigenvalue weighted by Gasteiger charge is -2.12. The van der Waals surface area contributed by atoms with Gasteiger partial charge in [-0.25, -0.2) is 0 Å². The van der Waals surface area contributed by atoms with Crippen molar-refractivity contribution < 1.29 is 17.3 Å². The van der Waals surface area contributed by atoms with Crippen LogP contribution in [0.3, 0.4) is 0 Å². The van der Waals surface area contributed by atoms with Crippen molar-refractivity contribution in [1.29, 1.82) is 0 Å². The van der Waals surface area contributed by atoms with Gasteiger partial charge < -0.3 is 28.3 Å². The third-order valence-corrected chi connectivity index (χ3v) is 1.89. The van der Waals surface area contributed by atoms with Crippen LogP contribution >= 0.6 is 0 Å². The average molecular weight is 204 g/mol.